The average molecular weight is 260 g/mol. The highest BCUT2D eigenvalue weighted by molar-refractivity contribution is 6.04. The third-order valence-corrected chi connectivity index (χ3v) is 2.57. The lowest BCUT2D eigenvalue weighted by Crippen LogP contribution is -2.29. The van der Waals surface area contributed by atoms with Crippen molar-refractivity contribution < 1.29 is 9.59 Å². The van der Waals surface area contributed by atoms with Crippen LogP contribution >= 0.6 is 0 Å². The van der Waals surface area contributed by atoms with Gasteiger partial charge in [0, 0.05) is 18.4 Å². The number of primary amides is 1. The summed E-state index contributed by atoms with van der Waals surface area (Å²) in [6, 6.07) is 6.66. The number of hydrogen-bond donors (Lipinski definition) is 3. The number of nitrogens with two attached hydrogens (primary N) is 1. The highest BCUT2D eigenvalue weighted by atomic mass is 16.2. The number of nitrogens with one attached hydrogen (secondary N) is 2. The van der Waals surface area contributed by atoms with Crippen LogP contribution in [0, 0.1) is 0 Å². The fourth-order valence-electron chi connectivity index (χ4n) is 1.67. The van der Waals surface area contributed by atoms with Gasteiger partial charge in [0.2, 0.25) is 5.91 Å². The van der Waals surface area contributed by atoms with Gasteiger partial charge in [0.15, 0.2) is 5.69 Å². The normalized spacial score (nSPS) is 10.3. The van der Waals surface area contributed by atoms with Gasteiger partial charge < -0.3 is 11.1 Å². The number of nitrogens with zero attached hydrogens (tertiary/aromatic N) is 1. The molecule has 0 unspecified atom stereocenters. The minimum absolute atomic E-state index is 0.0486. The zero-order valence-corrected chi connectivity index (χ0v) is 9.97. The van der Waals surface area contributed by atoms with Crippen LogP contribution < -0.4 is 16.6 Å². The van der Waals surface area contributed by atoms with E-state index >= 15 is 0 Å². The maximum atomic E-state index is 11.9. The topological polar surface area (TPSA) is 118 Å². The summed E-state index contributed by atoms with van der Waals surface area (Å²) in [5.41, 5.74) is 4.73. The Hall–Kier alpha value is -2.70. The molecule has 1 aromatic carbocycles. The fourth-order valence-corrected chi connectivity index (χ4v) is 1.67. The third kappa shape index (κ3) is 2.76. The number of benzene rings is 1. The summed E-state index contributed by atoms with van der Waals surface area (Å²) in [4.78, 5) is 34.0. The van der Waals surface area contributed by atoms with Gasteiger partial charge in [0.25, 0.3) is 11.5 Å². The summed E-state index contributed by atoms with van der Waals surface area (Å²) in [7, 11) is 0. The number of amides is 2. The lowest BCUT2D eigenvalue weighted by molar-refractivity contribution is -0.117. The van der Waals surface area contributed by atoms with Crippen molar-refractivity contribution >= 4 is 22.6 Å². The van der Waals surface area contributed by atoms with Crippen LogP contribution in [0.4, 0.5) is 0 Å². The first kappa shape index (κ1) is 12.7. The van der Waals surface area contributed by atoms with Crippen LogP contribution in [0.1, 0.15) is 16.9 Å². The van der Waals surface area contributed by atoms with Crippen molar-refractivity contribution in [2.75, 3.05) is 6.54 Å². The smallest absolute Gasteiger partial charge is 0.272 e. The van der Waals surface area contributed by atoms with E-state index < -0.39 is 11.8 Å². The van der Waals surface area contributed by atoms with Crippen molar-refractivity contribution in [1.29, 1.82) is 0 Å². The van der Waals surface area contributed by atoms with E-state index in [4.69, 9.17) is 5.73 Å². The van der Waals surface area contributed by atoms with Crippen molar-refractivity contribution in [2.24, 2.45) is 5.73 Å². The van der Waals surface area contributed by atoms with Gasteiger partial charge >= 0.3 is 0 Å². The van der Waals surface area contributed by atoms with Crippen molar-refractivity contribution in [3.63, 3.8) is 0 Å². The number of aromatic amines is 1. The lowest BCUT2D eigenvalue weighted by atomic mass is 10.1. The van der Waals surface area contributed by atoms with Gasteiger partial charge in [0.1, 0.15) is 0 Å². The van der Waals surface area contributed by atoms with E-state index in [2.05, 4.69) is 15.5 Å². The molecule has 0 radical (unpaired) electrons. The molecule has 0 aliphatic rings. The second-order valence-corrected chi connectivity index (χ2v) is 3.92. The van der Waals surface area contributed by atoms with E-state index in [9.17, 15) is 14.4 Å². The summed E-state index contributed by atoms with van der Waals surface area (Å²) >= 11 is 0. The van der Waals surface area contributed by atoms with Gasteiger partial charge in [-0.25, -0.2) is 5.10 Å². The molecule has 0 aliphatic heterocycles. The number of fused-ring (bicyclic) bond motifs is 1. The van der Waals surface area contributed by atoms with Crippen LogP contribution in [0.5, 0.6) is 0 Å². The monoisotopic (exact) mass is 260 g/mol. The van der Waals surface area contributed by atoms with Crippen LogP contribution in [-0.2, 0) is 4.79 Å². The number of hydrogen-bond acceptors (Lipinski definition) is 4. The summed E-state index contributed by atoms with van der Waals surface area (Å²) < 4.78 is 0. The SMILES string of the molecule is NC(=O)CCNC(=O)c1n[nH]c(=O)c2ccccc12. The number of H-pyrrole nitrogens is 1. The van der Waals surface area contributed by atoms with Crippen molar-refractivity contribution in [3.05, 3.63) is 40.3 Å². The summed E-state index contributed by atoms with van der Waals surface area (Å²) in [5, 5.41) is 9.37. The molecule has 2 rings (SSSR count). The molecule has 4 N–H and O–H groups in total. The minimum Gasteiger partial charge on any atom is -0.370 e. The van der Waals surface area contributed by atoms with Crippen molar-refractivity contribution in [3.8, 4) is 0 Å². The molecular weight excluding hydrogens is 248 g/mol. The molecule has 0 saturated carbocycles. The lowest BCUT2D eigenvalue weighted by Gasteiger charge is -2.05. The van der Waals surface area contributed by atoms with Crippen LogP contribution in [0.3, 0.4) is 0 Å². The average Bonchev–Trinajstić information content (AvgIpc) is 2.39. The predicted molar refractivity (Wildman–Crippen MR) is 68.5 cm³/mol. The number of rotatable bonds is 4. The van der Waals surface area contributed by atoms with Crippen LogP contribution in [0.15, 0.2) is 29.1 Å². The van der Waals surface area contributed by atoms with E-state index in [0.717, 1.165) is 0 Å². The minimum atomic E-state index is -0.500. The number of aromatic nitrogens is 2. The standard InChI is InChI=1S/C12H12N4O3/c13-9(17)5-6-14-12(19)10-7-3-1-2-4-8(7)11(18)16-15-10/h1-4H,5-6H2,(H2,13,17)(H,14,19)(H,16,18). The summed E-state index contributed by atoms with van der Waals surface area (Å²) in [6.07, 6.45) is 0.0486. The summed E-state index contributed by atoms with van der Waals surface area (Å²) in [6.45, 7) is 0.128. The quantitative estimate of drug-likeness (QED) is 0.688. The van der Waals surface area contributed by atoms with Crippen molar-refractivity contribution in [2.45, 2.75) is 6.42 Å². The van der Waals surface area contributed by atoms with Crippen LogP contribution in [-0.4, -0.2) is 28.6 Å². The highest BCUT2D eigenvalue weighted by Gasteiger charge is 2.13. The molecule has 0 aliphatic carbocycles. The maximum absolute atomic E-state index is 11.9. The van der Waals surface area contributed by atoms with Gasteiger partial charge in [-0.1, -0.05) is 18.2 Å². The second kappa shape index (κ2) is 5.30. The Kier molecular flexibility index (Phi) is 3.56. The van der Waals surface area contributed by atoms with Crippen LogP contribution in [0.2, 0.25) is 0 Å². The molecule has 1 heterocycles. The molecule has 7 nitrogen and oxygen atoms in total. The first-order valence-electron chi connectivity index (χ1n) is 5.63. The second-order valence-electron chi connectivity index (χ2n) is 3.92. The van der Waals surface area contributed by atoms with Crippen LogP contribution in [0.25, 0.3) is 10.8 Å². The summed E-state index contributed by atoms with van der Waals surface area (Å²) in [5.74, 6) is -0.965. The molecule has 0 atom stereocenters. The maximum Gasteiger partial charge on any atom is 0.272 e. The Morgan fingerprint density at radius 2 is 1.95 bits per heavy atom. The molecule has 19 heavy (non-hydrogen) atoms. The third-order valence-electron chi connectivity index (χ3n) is 2.57. The molecule has 0 fully saturated rings. The Morgan fingerprint density at radius 1 is 1.26 bits per heavy atom. The van der Waals surface area contributed by atoms with E-state index in [1.54, 1.807) is 24.3 Å². The highest BCUT2D eigenvalue weighted by Crippen LogP contribution is 2.11. The molecule has 2 aromatic rings. The molecular formula is C12H12N4O3. The predicted octanol–water partition coefficient (Wildman–Crippen LogP) is -0.472. The number of carbonyl (C=O) groups is 2. The van der Waals surface area contributed by atoms with E-state index in [-0.39, 0.29) is 24.2 Å². The Morgan fingerprint density at radius 3 is 2.63 bits per heavy atom. The van der Waals surface area contributed by atoms with E-state index in [1.807, 2.05) is 0 Å². The Balaban J connectivity index is 2.30. The Bertz CT molecular complexity index is 693. The largest absolute Gasteiger partial charge is 0.370 e. The zero-order chi connectivity index (χ0) is 13.8. The van der Waals surface area contributed by atoms with E-state index in [1.165, 1.54) is 0 Å². The zero-order valence-electron chi connectivity index (χ0n) is 9.97. The molecule has 1 aromatic heterocycles. The Labute approximate surface area is 107 Å². The fraction of sp³-hybridized carbons (Fsp3) is 0.167. The molecule has 98 valence electrons. The van der Waals surface area contributed by atoms with Gasteiger partial charge in [-0.3, -0.25) is 14.4 Å². The molecule has 7 heteroatoms. The molecule has 0 saturated heterocycles. The molecule has 0 bridgehead atoms. The first-order valence-corrected chi connectivity index (χ1v) is 5.63. The number of carbonyl (C=O) groups excluding carboxylic acids is 2. The van der Waals surface area contributed by atoms with Gasteiger partial charge in [-0.15, -0.1) is 0 Å². The van der Waals surface area contributed by atoms with Gasteiger partial charge in [0.05, 0.1) is 5.39 Å². The molecule has 0 spiro atoms. The van der Waals surface area contributed by atoms with Gasteiger partial charge in [-0.2, -0.15) is 5.10 Å². The molecule has 2 amide bonds. The first-order chi connectivity index (χ1) is 9.09. The van der Waals surface area contributed by atoms with E-state index in [0.29, 0.717) is 10.8 Å². The van der Waals surface area contributed by atoms with Gasteiger partial charge in [-0.05, 0) is 6.07 Å². The van der Waals surface area contributed by atoms with Crippen molar-refractivity contribution in [1.82, 2.24) is 15.5 Å².